The van der Waals surface area contributed by atoms with Gasteiger partial charge in [0.05, 0.1) is 37.8 Å². The molecule has 0 bridgehead atoms. The molecule has 2 aromatic carbocycles. The molecule has 0 saturated heterocycles. The molecule has 0 saturated carbocycles. The van der Waals surface area contributed by atoms with Crippen LogP contribution in [0.3, 0.4) is 0 Å². The molecule has 0 radical (unpaired) electrons. The van der Waals surface area contributed by atoms with Crippen molar-refractivity contribution in [2.24, 2.45) is 16.0 Å². The predicted molar refractivity (Wildman–Crippen MR) is 144 cm³/mol. The molecular formula is C22H32I2N4O3. The number of benzene rings is 2. The summed E-state index contributed by atoms with van der Waals surface area (Å²) in [7, 11) is 0. The molecule has 7 nitrogen and oxygen atoms in total. The number of hydrogen-bond acceptors (Lipinski definition) is 7. The zero-order valence-electron chi connectivity index (χ0n) is 17.7. The summed E-state index contributed by atoms with van der Waals surface area (Å²) in [4.78, 5) is 0. The quantitative estimate of drug-likeness (QED) is 0.130. The molecule has 0 spiro atoms. The number of nitrogens with zero attached hydrogens (tertiary/aromatic N) is 2. The molecular weight excluding hydrogens is 622 g/mol. The zero-order valence-corrected chi connectivity index (χ0v) is 22.0. The van der Waals surface area contributed by atoms with E-state index in [2.05, 4.69) is 52.8 Å². The second-order valence-corrected chi connectivity index (χ2v) is 6.34. The third-order valence-electron chi connectivity index (χ3n) is 3.94. The molecule has 0 amide bonds. The summed E-state index contributed by atoms with van der Waals surface area (Å²) in [5.74, 6) is 0. The summed E-state index contributed by atoms with van der Waals surface area (Å²) in [6, 6.07) is 17.6. The van der Waals surface area contributed by atoms with Crippen molar-refractivity contribution in [3.8, 4) is 0 Å². The first-order chi connectivity index (χ1) is 15.4. The maximum atomic E-state index is 5.56. The largest absolute Gasteiger partial charge is 0.385 e. The first kappa shape index (κ1) is 28.2. The molecule has 0 aliphatic heterocycles. The second-order valence-electron chi connectivity index (χ2n) is 6.34. The number of ether oxygens (including phenoxy) is 3. The summed E-state index contributed by atoms with van der Waals surface area (Å²) < 4.78 is 16.3. The summed E-state index contributed by atoms with van der Waals surface area (Å²) in [6.45, 7) is 5.30. The average molecular weight is 654 g/mol. The Hall–Kier alpha value is -0.860. The van der Waals surface area contributed by atoms with Crippen LogP contribution in [-0.4, -0.2) is 52.7 Å². The van der Waals surface area contributed by atoms with Gasteiger partial charge >= 0.3 is 0 Å². The standard InChI is InChI=1S/C22H32N4O3.I2/c23-12-4-14-27-16-18-29-19-17-28-15-5-13-24-20-8-10-22(11-9-20)26-25-21-6-2-1-3-7-21;1-2/h1-3,6-11,24H,4-5,12-19,23H2;. The average Bonchev–Trinajstić information content (AvgIpc) is 2.83. The number of nitrogens with one attached hydrogen (secondary N) is 1. The van der Waals surface area contributed by atoms with Crippen LogP contribution in [-0.2, 0) is 14.2 Å². The van der Waals surface area contributed by atoms with E-state index in [4.69, 9.17) is 19.9 Å². The van der Waals surface area contributed by atoms with Crippen LogP contribution < -0.4 is 11.1 Å². The van der Waals surface area contributed by atoms with E-state index >= 15 is 0 Å². The topological polar surface area (TPSA) is 90.5 Å². The van der Waals surface area contributed by atoms with Crippen molar-refractivity contribution in [1.82, 2.24) is 0 Å². The molecule has 0 heterocycles. The van der Waals surface area contributed by atoms with Gasteiger partial charge in [-0.2, -0.15) is 10.2 Å². The molecule has 172 valence electrons. The van der Waals surface area contributed by atoms with E-state index in [9.17, 15) is 0 Å². The van der Waals surface area contributed by atoms with E-state index in [1.165, 1.54) is 0 Å². The Labute approximate surface area is 208 Å². The minimum Gasteiger partial charge on any atom is -0.385 e. The van der Waals surface area contributed by atoms with Crippen molar-refractivity contribution < 1.29 is 14.2 Å². The SMILES string of the molecule is II.NCCCOCCOCCOCCCNc1ccc(N=Nc2ccccc2)cc1. The van der Waals surface area contributed by atoms with Gasteiger partial charge in [0.25, 0.3) is 0 Å². The van der Waals surface area contributed by atoms with E-state index in [1.807, 2.05) is 54.6 Å². The van der Waals surface area contributed by atoms with Gasteiger partial charge in [0.2, 0.25) is 0 Å². The lowest BCUT2D eigenvalue weighted by Crippen LogP contribution is -2.12. The van der Waals surface area contributed by atoms with Crippen LogP contribution in [0.4, 0.5) is 17.1 Å². The normalized spacial score (nSPS) is 10.7. The fourth-order valence-corrected chi connectivity index (χ4v) is 2.39. The third kappa shape index (κ3) is 15.6. The highest BCUT2D eigenvalue weighted by molar-refractivity contribution is 15.0. The molecule has 9 heteroatoms. The Morgan fingerprint density at radius 3 is 1.77 bits per heavy atom. The monoisotopic (exact) mass is 654 g/mol. The Morgan fingerprint density at radius 1 is 0.677 bits per heavy atom. The van der Waals surface area contributed by atoms with Crippen LogP contribution in [0.1, 0.15) is 12.8 Å². The molecule has 0 aromatic heterocycles. The van der Waals surface area contributed by atoms with Gasteiger partial charge in [-0.1, -0.05) is 18.2 Å². The third-order valence-corrected chi connectivity index (χ3v) is 3.94. The number of azo groups is 1. The fraction of sp³-hybridized carbons (Fsp3) is 0.455. The first-order valence-corrected chi connectivity index (χ1v) is 16.6. The lowest BCUT2D eigenvalue weighted by atomic mass is 10.3. The van der Waals surface area contributed by atoms with E-state index < -0.39 is 0 Å². The molecule has 2 rings (SSSR count). The van der Waals surface area contributed by atoms with Gasteiger partial charge in [-0.05, 0) is 55.8 Å². The van der Waals surface area contributed by atoms with Crippen molar-refractivity contribution in [1.29, 1.82) is 0 Å². The summed E-state index contributed by atoms with van der Waals surface area (Å²) in [6.07, 6.45) is 1.82. The molecule has 0 unspecified atom stereocenters. The van der Waals surface area contributed by atoms with E-state index in [0.29, 0.717) is 46.2 Å². The smallest absolute Gasteiger partial charge is 0.0858 e. The lowest BCUT2D eigenvalue weighted by Gasteiger charge is -2.08. The van der Waals surface area contributed by atoms with Gasteiger partial charge in [0, 0.05) is 62.7 Å². The van der Waals surface area contributed by atoms with Crippen LogP contribution in [0.2, 0.25) is 0 Å². The van der Waals surface area contributed by atoms with Gasteiger partial charge in [0.1, 0.15) is 0 Å². The van der Waals surface area contributed by atoms with Crippen molar-refractivity contribution in [2.75, 3.05) is 58.0 Å². The molecule has 0 fully saturated rings. The van der Waals surface area contributed by atoms with E-state index in [1.54, 1.807) is 0 Å². The van der Waals surface area contributed by atoms with E-state index in [0.717, 1.165) is 36.4 Å². The second kappa shape index (κ2) is 21.0. The molecule has 0 atom stereocenters. The maximum Gasteiger partial charge on any atom is 0.0858 e. The minimum atomic E-state index is 0.590. The molecule has 0 aliphatic carbocycles. The highest BCUT2D eigenvalue weighted by Crippen LogP contribution is 2.19. The highest BCUT2D eigenvalue weighted by Gasteiger charge is 1.95. The predicted octanol–water partition coefficient (Wildman–Crippen LogP) is 6.07. The van der Waals surface area contributed by atoms with Crippen LogP contribution in [0.15, 0.2) is 64.8 Å². The van der Waals surface area contributed by atoms with Gasteiger partial charge in [-0.3, -0.25) is 0 Å². The van der Waals surface area contributed by atoms with Crippen molar-refractivity contribution >= 4 is 54.3 Å². The van der Waals surface area contributed by atoms with Crippen LogP contribution in [0.25, 0.3) is 0 Å². The number of halogens is 2. The van der Waals surface area contributed by atoms with Crippen molar-refractivity contribution in [3.05, 3.63) is 54.6 Å². The van der Waals surface area contributed by atoms with Gasteiger partial charge < -0.3 is 25.3 Å². The van der Waals surface area contributed by atoms with Crippen LogP contribution in [0, 0.1) is 0 Å². The number of anilines is 1. The molecule has 2 aromatic rings. The summed E-state index contributed by atoms with van der Waals surface area (Å²) in [5, 5.41) is 11.8. The summed E-state index contributed by atoms with van der Waals surface area (Å²) in [5.41, 5.74) is 8.11. The number of rotatable bonds is 16. The van der Waals surface area contributed by atoms with Gasteiger partial charge in [-0.15, -0.1) is 0 Å². The number of hydrogen-bond donors (Lipinski definition) is 2. The Bertz CT molecular complexity index is 676. The number of nitrogens with two attached hydrogens (primary N) is 1. The highest BCUT2D eigenvalue weighted by atomic mass is 128. The first-order valence-electron chi connectivity index (χ1n) is 10.3. The fourth-order valence-electron chi connectivity index (χ4n) is 2.39. The Balaban J connectivity index is 0.00000233. The Kier molecular flexibility index (Phi) is 19.1. The van der Waals surface area contributed by atoms with Gasteiger partial charge in [0.15, 0.2) is 0 Å². The van der Waals surface area contributed by atoms with Gasteiger partial charge in [-0.25, -0.2) is 0 Å². The minimum absolute atomic E-state index is 0.590. The molecule has 3 N–H and O–H groups in total. The maximum absolute atomic E-state index is 5.56. The van der Waals surface area contributed by atoms with Crippen molar-refractivity contribution in [3.63, 3.8) is 0 Å². The van der Waals surface area contributed by atoms with Crippen molar-refractivity contribution in [2.45, 2.75) is 12.8 Å². The molecule has 31 heavy (non-hydrogen) atoms. The van der Waals surface area contributed by atoms with Crippen LogP contribution >= 0.6 is 37.2 Å². The zero-order chi connectivity index (χ0) is 22.4. The molecule has 0 aliphatic rings. The lowest BCUT2D eigenvalue weighted by molar-refractivity contribution is 0.0144. The summed E-state index contributed by atoms with van der Waals surface area (Å²) >= 11 is 4.24. The van der Waals surface area contributed by atoms with Crippen LogP contribution in [0.5, 0.6) is 0 Å². The Morgan fingerprint density at radius 2 is 1.19 bits per heavy atom. The van der Waals surface area contributed by atoms with E-state index in [-0.39, 0.29) is 0 Å².